The van der Waals surface area contributed by atoms with Gasteiger partial charge >= 0.3 is 0 Å². The van der Waals surface area contributed by atoms with Crippen molar-refractivity contribution in [3.63, 3.8) is 0 Å². The van der Waals surface area contributed by atoms with E-state index in [0.29, 0.717) is 12.1 Å². The van der Waals surface area contributed by atoms with E-state index < -0.39 is 0 Å². The van der Waals surface area contributed by atoms with Crippen LogP contribution in [0.1, 0.15) is 21.5 Å². The first-order valence-corrected chi connectivity index (χ1v) is 8.34. The van der Waals surface area contributed by atoms with E-state index in [4.69, 9.17) is 4.42 Å². The van der Waals surface area contributed by atoms with Gasteiger partial charge in [-0.15, -0.1) is 0 Å². The van der Waals surface area contributed by atoms with E-state index in [1.54, 1.807) is 6.07 Å². The van der Waals surface area contributed by atoms with Gasteiger partial charge in [0.1, 0.15) is 6.26 Å². The molecule has 2 aromatic heterocycles. The molecule has 0 atom stereocenters. The minimum Gasteiger partial charge on any atom is -0.472 e. The molecule has 2 heterocycles. The van der Waals surface area contributed by atoms with Gasteiger partial charge in [-0.05, 0) is 23.3 Å². The van der Waals surface area contributed by atoms with E-state index >= 15 is 0 Å². The number of hydrogen-bond acceptors (Lipinski definition) is 3. The first-order chi connectivity index (χ1) is 12.7. The highest BCUT2D eigenvalue weighted by Gasteiger charge is 2.13. The van der Waals surface area contributed by atoms with Crippen LogP contribution in [-0.4, -0.2) is 15.6 Å². The number of furan rings is 1. The van der Waals surface area contributed by atoms with Crippen LogP contribution in [0.2, 0.25) is 0 Å². The Bertz CT molecular complexity index is 1030. The lowest BCUT2D eigenvalue weighted by Gasteiger charge is -2.06. The van der Waals surface area contributed by atoms with Crippen molar-refractivity contribution in [3.05, 3.63) is 90.0 Å². The number of aliphatic hydroxyl groups is 1. The molecule has 0 spiro atoms. The summed E-state index contributed by atoms with van der Waals surface area (Å²) < 4.78 is 7.09. The maximum Gasteiger partial charge on any atom is 0.258 e. The molecule has 0 aliphatic carbocycles. The Labute approximate surface area is 150 Å². The third-order valence-corrected chi connectivity index (χ3v) is 4.38. The van der Waals surface area contributed by atoms with Gasteiger partial charge in [0.15, 0.2) is 0 Å². The fourth-order valence-electron chi connectivity index (χ4n) is 3.01. The van der Waals surface area contributed by atoms with E-state index in [-0.39, 0.29) is 12.5 Å². The van der Waals surface area contributed by atoms with Gasteiger partial charge in [-0.25, -0.2) is 0 Å². The molecule has 130 valence electrons. The van der Waals surface area contributed by atoms with Crippen molar-refractivity contribution in [1.29, 1.82) is 0 Å². The molecule has 1 amide bonds. The van der Waals surface area contributed by atoms with Gasteiger partial charge in [0.05, 0.1) is 29.6 Å². The molecule has 5 nitrogen and oxygen atoms in total. The van der Waals surface area contributed by atoms with E-state index in [2.05, 4.69) is 9.88 Å². The van der Waals surface area contributed by atoms with Crippen molar-refractivity contribution in [2.24, 2.45) is 0 Å². The van der Waals surface area contributed by atoms with Crippen LogP contribution in [0.4, 0.5) is 5.69 Å². The number of benzene rings is 2. The second kappa shape index (κ2) is 6.90. The Hall–Kier alpha value is -3.31. The number of amides is 1. The zero-order chi connectivity index (χ0) is 17.9. The summed E-state index contributed by atoms with van der Waals surface area (Å²) in [6.45, 7) is 0.713. The molecule has 0 radical (unpaired) electrons. The Morgan fingerprint density at radius 2 is 1.81 bits per heavy atom. The number of aromatic nitrogens is 1. The normalized spacial score (nSPS) is 11.0. The maximum atomic E-state index is 12.4. The monoisotopic (exact) mass is 346 g/mol. The lowest BCUT2D eigenvalue weighted by Crippen LogP contribution is -2.10. The third kappa shape index (κ3) is 3.12. The number of aliphatic hydroxyl groups excluding tert-OH is 1. The molecular formula is C21H18N2O3. The fourth-order valence-corrected chi connectivity index (χ4v) is 3.01. The summed E-state index contributed by atoms with van der Waals surface area (Å²) in [7, 11) is 0. The number of anilines is 1. The minimum atomic E-state index is -0.200. The SMILES string of the molecule is O=C(Nc1cn(Cc2ccc(CO)cc2)c2ccccc12)c1ccoc1. The molecule has 0 saturated carbocycles. The molecule has 5 heteroatoms. The van der Waals surface area contributed by atoms with Crippen molar-refractivity contribution >= 4 is 22.5 Å². The van der Waals surface area contributed by atoms with E-state index in [1.165, 1.54) is 12.5 Å². The molecule has 0 bridgehead atoms. The number of nitrogens with zero attached hydrogens (tertiary/aromatic N) is 1. The van der Waals surface area contributed by atoms with Crippen molar-refractivity contribution in [2.75, 3.05) is 5.32 Å². The highest BCUT2D eigenvalue weighted by atomic mass is 16.3. The number of hydrogen-bond donors (Lipinski definition) is 2. The van der Waals surface area contributed by atoms with Crippen molar-refractivity contribution < 1.29 is 14.3 Å². The lowest BCUT2D eigenvalue weighted by atomic mass is 10.1. The number of rotatable bonds is 5. The number of carbonyl (C=O) groups excluding carboxylic acids is 1. The van der Waals surface area contributed by atoms with Gasteiger partial charge in [0, 0.05) is 18.1 Å². The Morgan fingerprint density at radius 1 is 1.04 bits per heavy atom. The topological polar surface area (TPSA) is 67.4 Å². The van der Waals surface area contributed by atoms with Gasteiger partial charge in [0.25, 0.3) is 5.91 Å². The van der Waals surface area contributed by atoms with E-state index in [9.17, 15) is 9.90 Å². The largest absolute Gasteiger partial charge is 0.472 e. The molecular weight excluding hydrogens is 328 g/mol. The van der Waals surface area contributed by atoms with Gasteiger partial charge in [-0.1, -0.05) is 42.5 Å². The summed E-state index contributed by atoms with van der Waals surface area (Å²) in [6.07, 6.45) is 4.86. The van der Waals surface area contributed by atoms with Gasteiger partial charge in [0.2, 0.25) is 0 Å². The maximum absolute atomic E-state index is 12.4. The summed E-state index contributed by atoms with van der Waals surface area (Å²) in [6, 6.07) is 17.4. The molecule has 26 heavy (non-hydrogen) atoms. The zero-order valence-electron chi connectivity index (χ0n) is 14.1. The summed E-state index contributed by atoms with van der Waals surface area (Å²) in [5.41, 5.74) is 4.30. The Morgan fingerprint density at radius 3 is 2.54 bits per heavy atom. The van der Waals surface area contributed by atoms with Gasteiger partial charge < -0.3 is 19.4 Å². The number of para-hydroxylation sites is 1. The summed E-state index contributed by atoms with van der Waals surface area (Å²) >= 11 is 0. The second-order valence-corrected chi connectivity index (χ2v) is 6.13. The van der Waals surface area contributed by atoms with Crippen LogP contribution in [-0.2, 0) is 13.2 Å². The average molecular weight is 346 g/mol. The summed E-state index contributed by atoms with van der Waals surface area (Å²) in [5.74, 6) is -0.200. The first kappa shape index (κ1) is 16.2. The molecule has 2 aromatic carbocycles. The molecule has 0 saturated heterocycles. The zero-order valence-corrected chi connectivity index (χ0v) is 14.1. The quantitative estimate of drug-likeness (QED) is 0.573. The molecule has 4 aromatic rings. The lowest BCUT2D eigenvalue weighted by molar-refractivity contribution is 0.102. The molecule has 0 aliphatic rings. The predicted molar refractivity (Wildman–Crippen MR) is 100 cm³/mol. The number of fused-ring (bicyclic) bond motifs is 1. The van der Waals surface area contributed by atoms with Crippen molar-refractivity contribution in [3.8, 4) is 0 Å². The number of nitrogens with one attached hydrogen (secondary N) is 1. The van der Waals surface area contributed by atoms with Crippen LogP contribution in [0.3, 0.4) is 0 Å². The standard InChI is InChI=1S/C21H18N2O3/c24-13-16-7-5-15(6-8-16)11-23-12-19(18-3-1-2-4-20(18)23)22-21(25)17-9-10-26-14-17/h1-10,12,14,24H,11,13H2,(H,22,25). The molecule has 4 rings (SSSR count). The predicted octanol–water partition coefficient (Wildman–Crippen LogP) is 4.03. The third-order valence-electron chi connectivity index (χ3n) is 4.38. The highest BCUT2D eigenvalue weighted by molar-refractivity contribution is 6.08. The van der Waals surface area contributed by atoms with Crippen molar-refractivity contribution in [2.45, 2.75) is 13.2 Å². The number of carbonyl (C=O) groups is 1. The molecule has 0 aliphatic heterocycles. The molecule has 0 fully saturated rings. The fraction of sp³-hybridized carbons (Fsp3) is 0.0952. The van der Waals surface area contributed by atoms with Crippen LogP contribution >= 0.6 is 0 Å². The van der Waals surface area contributed by atoms with E-state index in [0.717, 1.165) is 27.7 Å². The Balaban J connectivity index is 1.66. The van der Waals surface area contributed by atoms with Crippen molar-refractivity contribution in [1.82, 2.24) is 4.57 Å². The summed E-state index contributed by atoms with van der Waals surface area (Å²) in [4.78, 5) is 12.4. The first-order valence-electron chi connectivity index (χ1n) is 8.34. The van der Waals surface area contributed by atoms with Crippen LogP contribution < -0.4 is 5.32 Å². The molecule has 0 unspecified atom stereocenters. The average Bonchev–Trinajstić information content (AvgIpc) is 3.32. The summed E-state index contributed by atoms with van der Waals surface area (Å²) in [5, 5.41) is 13.1. The van der Waals surface area contributed by atoms with E-state index in [1.807, 2.05) is 54.7 Å². The van der Waals surface area contributed by atoms with Crippen LogP contribution in [0, 0.1) is 0 Å². The van der Waals surface area contributed by atoms with Gasteiger partial charge in [-0.3, -0.25) is 4.79 Å². The Kier molecular flexibility index (Phi) is 4.29. The smallest absolute Gasteiger partial charge is 0.258 e. The second-order valence-electron chi connectivity index (χ2n) is 6.13. The van der Waals surface area contributed by atoms with Crippen LogP contribution in [0.15, 0.2) is 77.7 Å². The van der Waals surface area contributed by atoms with Gasteiger partial charge in [-0.2, -0.15) is 0 Å². The minimum absolute atomic E-state index is 0.0386. The van der Waals surface area contributed by atoms with Crippen LogP contribution in [0.25, 0.3) is 10.9 Å². The van der Waals surface area contributed by atoms with Crippen LogP contribution in [0.5, 0.6) is 0 Å². The highest BCUT2D eigenvalue weighted by Crippen LogP contribution is 2.27. The molecule has 2 N–H and O–H groups in total.